The second kappa shape index (κ2) is 11.4. The number of esters is 1. The maximum absolute atomic E-state index is 13.3. The lowest BCUT2D eigenvalue weighted by molar-refractivity contribution is -0.155. The van der Waals surface area contributed by atoms with Crippen molar-refractivity contribution in [3.63, 3.8) is 0 Å². The number of hydrogen-bond acceptors (Lipinski definition) is 7. The van der Waals surface area contributed by atoms with Crippen molar-refractivity contribution in [1.82, 2.24) is 9.80 Å². The Morgan fingerprint density at radius 1 is 1.13 bits per heavy atom. The Kier molecular flexibility index (Phi) is 8.42. The number of carbonyl (C=O) groups excluding carboxylic acids is 4. The van der Waals surface area contributed by atoms with E-state index in [1.54, 1.807) is 20.8 Å². The van der Waals surface area contributed by atoms with Gasteiger partial charge in [0.1, 0.15) is 11.6 Å². The minimum absolute atomic E-state index is 0.00000296. The Morgan fingerprint density at radius 3 is 2.44 bits per heavy atom. The van der Waals surface area contributed by atoms with Crippen LogP contribution in [0.1, 0.15) is 82.1 Å². The molecule has 4 rings (SSSR count). The largest absolute Gasteiger partial charge is 0.460 e. The number of piperidine rings is 1. The number of rotatable bonds is 9. The van der Waals surface area contributed by atoms with E-state index in [9.17, 15) is 19.2 Å². The second-order valence-corrected chi connectivity index (χ2v) is 12.1. The molecular formula is C29H42N4O6. The quantitative estimate of drug-likeness (QED) is 0.375. The summed E-state index contributed by atoms with van der Waals surface area (Å²) in [5, 5.41) is 0. The van der Waals surface area contributed by atoms with Gasteiger partial charge < -0.3 is 29.9 Å². The fourth-order valence-electron chi connectivity index (χ4n) is 5.68. The van der Waals surface area contributed by atoms with Gasteiger partial charge in [-0.15, -0.1) is 0 Å². The summed E-state index contributed by atoms with van der Waals surface area (Å²) in [4.78, 5) is 55.6. The van der Waals surface area contributed by atoms with Crippen LogP contribution in [-0.4, -0.2) is 78.1 Å². The van der Waals surface area contributed by atoms with Gasteiger partial charge in [-0.1, -0.05) is 19.4 Å². The number of nitrogens with two attached hydrogens (primary N) is 1. The molecule has 3 aliphatic heterocycles. The Balaban J connectivity index is 1.32. The van der Waals surface area contributed by atoms with Crippen LogP contribution in [0.4, 0.5) is 10.5 Å². The third-order valence-corrected chi connectivity index (χ3v) is 7.90. The van der Waals surface area contributed by atoms with Gasteiger partial charge in [-0.3, -0.25) is 14.4 Å². The number of likely N-dealkylation sites (tertiary alicyclic amines) is 1. The van der Waals surface area contributed by atoms with E-state index in [1.807, 2.05) is 23.1 Å². The smallest absolute Gasteiger partial charge is 0.409 e. The number of primary amides is 1. The molecule has 2 saturated heterocycles. The summed E-state index contributed by atoms with van der Waals surface area (Å²) < 4.78 is 10.7. The summed E-state index contributed by atoms with van der Waals surface area (Å²) in [5.74, 6) is -1.30. The summed E-state index contributed by atoms with van der Waals surface area (Å²) >= 11 is 0. The highest BCUT2D eigenvalue weighted by molar-refractivity contribution is 6.01. The van der Waals surface area contributed by atoms with E-state index in [4.69, 9.17) is 15.2 Å². The molecule has 39 heavy (non-hydrogen) atoms. The third-order valence-electron chi connectivity index (χ3n) is 7.90. The first-order valence-corrected chi connectivity index (χ1v) is 14.0. The molecule has 3 amide bonds. The van der Waals surface area contributed by atoms with Gasteiger partial charge in [-0.2, -0.15) is 0 Å². The standard InChI is InChI=1S/C29H42N4O6/c1-5-6-15-38-27(37)31-13-11-29(12-14-31)18-32(19-29)21-8-7-20-17-33(26(36)22(20)16-21)23(25(30)35)9-10-24(34)39-28(2,3)4/h7-8,16,23H,5-6,9-15,17-19H2,1-4H3,(H2,30,35). The lowest BCUT2D eigenvalue weighted by atomic mass is 9.72. The Hall–Kier alpha value is -3.30. The van der Waals surface area contributed by atoms with Gasteiger partial charge in [-0.05, 0) is 64.2 Å². The second-order valence-electron chi connectivity index (χ2n) is 12.1. The lowest BCUT2D eigenvalue weighted by Gasteiger charge is -2.54. The van der Waals surface area contributed by atoms with Crippen molar-refractivity contribution >= 4 is 29.6 Å². The molecular weight excluding hydrogens is 500 g/mol. The fourth-order valence-corrected chi connectivity index (χ4v) is 5.68. The van der Waals surface area contributed by atoms with Crippen LogP contribution < -0.4 is 10.6 Å². The maximum atomic E-state index is 13.3. The number of carbonyl (C=O) groups is 4. The molecule has 3 aliphatic rings. The van der Waals surface area contributed by atoms with Gasteiger partial charge in [0.05, 0.1) is 6.61 Å². The van der Waals surface area contributed by atoms with E-state index in [2.05, 4.69) is 11.8 Å². The highest BCUT2D eigenvalue weighted by Gasteiger charge is 2.46. The zero-order valence-corrected chi connectivity index (χ0v) is 23.7. The minimum Gasteiger partial charge on any atom is -0.460 e. The van der Waals surface area contributed by atoms with E-state index in [0.29, 0.717) is 25.3 Å². The SMILES string of the molecule is CCCCOC(=O)N1CCC2(CC1)CN(c1ccc3c(c1)C(=O)N(C(CCC(=O)OC(C)(C)C)C(N)=O)C3)C2. The number of amides is 3. The normalized spacial score (nSPS) is 19.0. The first-order chi connectivity index (χ1) is 18.4. The van der Waals surface area contributed by atoms with Crippen LogP contribution in [0.3, 0.4) is 0 Å². The number of nitrogens with zero attached hydrogens (tertiary/aromatic N) is 3. The fraction of sp³-hybridized carbons (Fsp3) is 0.655. The summed E-state index contributed by atoms with van der Waals surface area (Å²) in [6.45, 7) is 11.3. The molecule has 214 valence electrons. The average molecular weight is 543 g/mol. The number of benzene rings is 1. The molecule has 10 heteroatoms. The molecule has 3 heterocycles. The molecule has 1 atom stereocenters. The number of fused-ring (bicyclic) bond motifs is 1. The molecule has 1 unspecified atom stereocenters. The summed E-state index contributed by atoms with van der Waals surface area (Å²) in [6, 6.07) is 4.97. The lowest BCUT2D eigenvalue weighted by Crippen LogP contribution is -2.61. The predicted octanol–water partition coefficient (Wildman–Crippen LogP) is 3.46. The van der Waals surface area contributed by atoms with Crippen LogP contribution in [0.25, 0.3) is 0 Å². The first kappa shape index (κ1) is 28.7. The van der Waals surface area contributed by atoms with Crippen molar-refractivity contribution in [3.05, 3.63) is 29.3 Å². The molecule has 1 aromatic carbocycles. The van der Waals surface area contributed by atoms with Crippen LogP contribution in [0.2, 0.25) is 0 Å². The molecule has 10 nitrogen and oxygen atoms in total. The zero-order valence-electron chi connectivity index (χ0n) is 23.7. The first-order valence-electron chi connectivity index (χ1n) is 14.0. The zero-order chi connectivity index (χ0) is 28.4. The summed E-state index contributed by atoms with van der Waals surface area (Å²) in [7, 11) is 0. The van der Waals surface area contributed by atoms with Crippen molar-refractivity contribution in [3.8, 4) is 0 Å². The van der Waals surface area contributed by atoms with Crippen LogP contribution in [-0.2, 0) is 25.6 Å². The number of hydrogen-bond donors (Lipinski definition) is 1. The number of unbranched alkanes of at least 4 members (excludes halogenated alkanes) is 1. The van der Waals surface area contributed by atoms with E-state index in [-0.39, 0.29) is 36.8 Å². The molecule has 0 radical (unpaired) electrons. The molecule has 2 N–H and O–H groups in total. The van der Waals surface area contributed by atoms with E-state index >= 15 is 0 Å². The topological polar surface area (TPSA) is 122 Å². The summed E-state index contributed by atoms with van der Waals surface area (Å²) in [6.07, 6.45) is 3.66. The highest BCUT2D eigenvalue weighted by atomic mass is 16.6. The van der Waals surface area contributed by atoms with Crippen molar-refractivity contribution < 1.29 is 28.7 Å². The summed E-state index contributed by atoms with van der Waals surface area (Å²) in [5.41, 5.74) is 7.59. The Labute approximate surface area is 230 Å². The van der Waals surface area contributed by atoms with E-state index < -0.39 is 23.5 Å². The molecule has 1 aromatic rings. The van der Waals surface area contributed by atoms with Crippen LogP contribution in [0, 0.1) is 5.41 Å². The molecule has 0 aromatic heterocycles. The molecule has 0 saturated carbocycles. The van der Waals surface area contributed by atoms with Gasteiger partial charge in [-0.25, -0.2) is 4.79 Å². The maximum Gasteiger partial charge on any atom is 0.409 e. The number of ether oxygens (including phenoxy) is 2. The average Bonchev–Trinajstić information content (AvgIpc) is 3.17. The minimum atomic E-state index is -0.882. The van der Waals surface area contributed by atoms with E-state index in [0.717, 1.165) is 50.0 Å². The Bertz CT molecular complexity index is 1100. The van der Waals surface area contributed by atoms with Gasteiger partial charge >= 0.3 is 12.1 Å². The third kappa shape index (κ3) is 6.65. The van der Waals surface area contributed by atoms with Gasteiger partial charge in [0.2, 0.25) is 5.91 Å². The van der Waals surface area contributed by atoms with Crippen molar-refractivity contribution in [2.75, 3.05) is 37.7 Å². The van der Waals surface area contributed by atoms with Gasteiger partial charge in [0, 0.05) is 55.8 Å². The predicted molar refractivity (Wildman–Crippen MR) is 146 cm³/mol. The van der Waals surface area contributed by atoms with Crippen molar-refractivity contribution in [2.24, 2.45) is 11.1 Å². The molecule has 2 fully saturated rings. The van der Waals surface area contributed by atoms with Crippen LogP contribution in [0.5, 0.6) is 0 Å². The molecule has 1 spiro atoms. The van der Waals surface area contributed by atoms with E-state index in [1.165, 1.54) is 4.90 Å². The Morgan fingerprint density at radius 2 is 1.82 bits per heavy atom. The van der Waals surface area contributed by atoms with Gasteiger partial charge in [0.15, 0.2) is 0 Å². The van der Waals surface area contributed by atoms with Gasteiger partial charge in [0.25, 0.3) is 5.91 Å². The highest BCUT2D eigenvalue weighted by Crippen LogP contribution is 2.43. The van der Waals surface area contributed by atoms with Crippen molar-refractivity contribution in [1.29, 1.82) is 0 Å². The molecule has 0 bridgehead atoms. The molecule has 0 aliphatic carbocycles. The number of anilines is 1. The van der Waals surface area contributed by atoms with Crippen LogP contribution >= 0.6 is 0 Å². The van der Waals surface area contributed by atoms with Crippen molar-refractivity contribution in [2.45, 2.75) is 84.4 Å². The van der Waals surface area contributed by atoms with Crippen LogP contribution in [0.15, 0.2) is 18.2 Å². The monoisotopic (exact) mass is 542 g/mol.